The third-order valence-electron chi connectivity index (χ3n) is 2.47. The van der Waals surface area contributed by atoms with Gasteiger partial charge in [0.1, 0.15) is 12.1 Å². The van der Waals surface area contributed by atoms with Gasteiger partial charge in [-0.05, 0) is 6.92 Å². The average molecular weight is 233 g/mol. The van der Waals surface area contributed by atoms with E-state index in [-0.39, 0.29) is 5.84 Å². The Labute approximate surface area is 98.8 Å². The number of nitrogens with two attached hydrogens (primary N) is 1. The van der Waals surface area contributed by atoms with Crippen LogP contribution in [-0.4, -0.2) is 39.0 Å². The van der Waals surface area contributed by atoms with Gasteiger partial charge in [0.05, 0.1) is 5.84 Å². The van der Waals surface area contributed by atoms with E-state index in [4.69, 9.17) is 11.1 Å². The third kappa shape index (κ3) is 2.32. The second-order valence-electron chi connectivity index (χ2n) is 3.92. The maximum atomic E-state index is 7.23. The molecule has 0 fully saturated rings. The second-order valence-corrected chi connectivity index (χ2v) is 3.92. The molecule has 3 N–H and O–H groups in total. The SMILES string of the molecule is Cc1cc(N(C)CCC(=N)N)n2ncnc2n1. The molecule has 2 aromatic heterocycles. The Morgan fingerprint density at radius 2 is 2.35 bits per heavy atom. The predicted molar refractivity (Wildman–Crippen MR) is 65.3 cm³/mol. The van der Waals surface area contributed by atoms with Gasteiger partial charge in [0, 0.05) is 31.8 Å². The molecule has 17 heavy (non-hydrogen) atoms. The first-order valence-corrected chi connectivity index (χ1v) is 5.29. The summed E-state index contributed by atoms with van der Waals surface area (Å²) in [5.74, 6) is 1.65. The number of rotatable bonds is 4. The quantitative estimate of drug-likeness (QED) is 0.580. The van der Waals surface area contributed by atoms with E-state index in [1.54, 1.807) is 4.52 Å². The number of hydrogen-bond acceptors (Lipinski definition) is 5. The Morgan fingerprint density at radius 3 is 3.06 bits per heavy atom. The number of nitrogens with zero attached hydrogens (tertiary/aromatic N) is 5. The summed E-state index contributed by atoms with van der Waals surface area (Å²) >= 11 is 0. The van der Waals surface area contributed by atoms with Crippen LogP contribution in [0.15, 0.2) is 12.4 Å². The highest BCUT2D eigenvalue weighted by Gasteiger charge is 2.09. The summed E-state index contributed by atoms with van der Waals surface area (Å²) in [5, 5.41) is 11.4. The fourth-order valence-corrected chi connectivity index (χ4v) is 1.59. The third-order valence-corrected chi connectivity index (χ3v) is 2.47. The van der Waals surface area contributed by atoms with Crippen LogP contribution in [0.1, 0.15) is 12.1 Å². The molecule has 0 aliphatic carbocycles. The van der Waals surface area contributed by atoms with Gasteiger partial charge < -0.3 is 10.6 Å². The summed E-state index contributed by atoms with van der Waals surface area (Å²) in [6.45, 7) is 2.57. The minimum atomic E-state index is 0.178. The molecule has 0 amide bonds. The highest BCUT2D eigenvalue weighted by atomic mass is 15.4. The smallest absolute Gasteiger partial charge is 0.254 e. The molecule has 0 bridgehead atoms. The topological polar surface area (TPSA) is 96.2 Å². The molecule has 0 aromatic carbocycles. The molecule has 7 heteroatoms. The molecule has 90 valence electrons. The van der Waals surface area contributed by atoms with Crippen LogP contribution in [-0.2, 0) is 0 Å². The van der Waals surface area contributed by atoms with Gasteiger partial charge in [-0.25, -0.2) is 4.98 Å². The van der Waals surface area contributed by atoms with Crippen molar-refractivity contribution in [3.8, 4) is 0 Å². The summed E-state index contributed by atoms with van der Waals surface area (Å²) in [4.78, 5) is 10.3. The van der Waals surface area contributed by atoms with Crippen molar-refractivity contribution in [3.05, 3.63) is 18.1 Å². The van der Waals surface area contributed by atoms with Gasteiger partial charge in [-0.2, -0.15) is 14.6 Å². The van der Waals surface area contributed by atoms with Crippen molar-refractivity contribution < 1.29 is 0 Å². The van der Waals surface area contributed by atoms with Crippen molar-refractivity contribution in [1.82, 2.24) is 19.6 Å². The van der Waals surface area contributed by atoms with Crippen molar-refractivity contribution in [2.45, 2.75) is 13.3 Å². The molecule has 0 unspecified atom stereocenters. The fraction of sp³-hybridized carbons (Fsp3) is 0.400. The van der Waals surface area contributed by atoms with Crippen molar-refractivity contribution in [2.75, 3.05) is 18.5 Å². The van der Waals surface area contributed by atoms with E-state index in [2.05, 4.69) is 15.1 Å². The summed E-state index contributed by atoms with van der Waals surface area (Å²) in [6, 6.07) is 1.93. The number of amidine groups is 1. The molecule has 0 saturated heterocycles. The number of anilines is 1. The largest absolute Gasteiger partial charge is 0.388 e. The first-order chi connectivity index (χ1) is 8.08. The average Bonchev–Trinajstić information content (AvgIpc) is 2.72. The van der Waals surface area contributed by atoms with Gasteiger partial charge in [-0.15, -0.1) is 0 Å². The molecule has 7 nitrogen and oxygen atoms in total. The fourth-order valence-electron chi connectivity index (χ4n) is 1.59. The van der Waals surface area contributed by atoms with Crippen LogP contribution >= 0.6 is 0 Å². The van der Waals surface area contributed by atoms with E-state index in [1.165, 1.54) is 6.33 Å². The monoisotopic (exact) mass is 233 g/mol. The standard InChI is InChI=1S/C10H15N7/c1-7-5-9(16(2)4-3-8(11)12)17-10(15-7)13-6-14-17/h5-6H,3-4H2,1-2H3,(H3,11,12). The zero-order chi connectivity index (χ0) is 12.4. The molecular formula is C10H15N7. The van der Waals surface area contributed by atoms with Crippen molar-refractivity contribution in [3.63, 3.8) is 0 Å². The molecule has 2 rings (SSSR count). The van der Waals surface area contributed by atoms with Crippen LogP contribution < -0.4 is 10.6 Å². The van der Waals surface area contributed by atoms with Gasteiger partial charge in [-0.1, -0.05) is 0 Å². The molecule has 0 atom stereocenters. The molecule has 2 aromatic rings. The van der Waals surface area contributed by atoms with Gasteiger partial charge in [0.2, 0.25) is 0 Å². The number of aryl methyl sites for hydroxylation is 1. The number of aromatic nitrogens is 4. The van der Waals surface area contributed by atoms with Crippen LogP contribution in [0, 0.1) is 12.3 Å². The Hall–Kier alpha value is -2.18. The van der Waals surface area contributed by atoms with Crippen LogP contribution in [0.4, 0.5) is 5.82 Å². The van der Waals surface area contributed by atoms with Crippen LogP contribution in [0.25, 0.3) is 5.78 Å². The zero-order valence-electron chi connectivity index (χ0n) is 9.88. The summed E-state index contributed by atoms with van der Waals surface area (Å²) in [7, 11) is 1.93. The summed E-state index contributed by atoms with van der Waals surface area (Å²) < 4.78 is 1.67. The first-order valence-electron chi connectivity index (χ1n) is 5.29. The lowest BCUT2D eigenvalue weighted by Gasteiger charge is -2.19. The number of hydrogen-bond donors (Lipinski definition) is 2. The lowest BCUT2D eigenvalue weighted by Crippen LogP contribution is -2.26. The lowest BCUT2D eigenvalue weighted by atomic mass is 10.3. The lowest BCUT2D eigenvalue weighted by molar-refractivity contribution is 0.827. The normalized spacial score (nSPS) is 10.7. The van der Waals surface area contributed by atoms with E-state index >= 15 is 0 Å². The minimum Gasteiger partial charge on any atom is -0.388 e. The van der Waals surface area contributed by atoms with Gasteiger partial charge in [-0.3, -0.25) is 5.41 Å². The summed E-state index contributed by atoms with van der Waals surface area (Å²) in [6.07, 6.45) is 2.00. The first kappa shape index (κ1) is 11.3. The maximum absolute atomic E-state index is 7.23. The zero-order valence-corrected chi connectivity index (χ0v) is 9.88. The van der Waals surface area contributed by atoms with Crippen molar-refractivity contribution in [1.29, 1.82) is 5.41 Å². The predicted octanol–water partition coefficient (Wildman–Crippen LogP) is 0.195. The van der Waals surface area contributed by atoms with Crippen LogP contribution in [0.3, 0.4) is 0 Å². The summed E-state index contributed by atoms with van der Waals surface area (Å²) in [5.41, 5.74) is 6.24. The molecule has 0 aliphatic rings. The number of nitrogens with one attached hydrogen (secondary N) is 1. The Bertz CT molecular complexity index is 545. The molecule has 2 heterocycles. The number of fused-ring (bicyclic) bond motifs is 1. The van der Waals surface area contributed by atoms with E-state index in [1.807, 2.05) is 24.9 Å². The van der Waals surface area contributed by atoms with E-state index in [0.717, 1.165) is 11.5 Å². The van der Waals surface area contributed by atoms with Crippen molar-refractivity contribution >= 4 is 17.4 Å². The van der Waals surface area contributed by atoms with Gasteiger partial charge in [0.25, 0.3) is 5.78 Å². The molecule has 0 aliphatic heterocycles. The molecule has 0 spiro atoms. The van der Waals surface area contributed by atoms with Crippen LogP contribution in [0.5, 0.6) is 0 Å². The van der Waals surface area contributed by atoms with Gasteiger partial charge >= 0.3 is 0 Å². The molecule has 0 radical (unpaired) electrons. The Morgan fingerprint density at radius 1 is 1.59 bits per heavy atom. The molecular weight excluding hydrogens is 218 g/mol. The highest BCUT2D eigenvalue weighted by Crippen LogP contribution is 2.14. The van der Waals surface area contributed by atoms with Crippen molar-refractivity contribution in [2.24, 2.45) is 5.73 Å². The highest BCUT2D eigenvalue weighted by molar-refractivity contribution is 5.77. The van der Waals surface area contributed by atoms with Crippen LogP contribution in [0.2, 0.25) is 0 Å². The van der Waals surface area contributed by atoms with E-state index < -0.39 is 0 Å². The van der Waals surface area contributed by atoms with E-state index in [0.29, 0.717) is 18.7 Å². The second kappa shape index (κ2) is 4.36. The van der Waals surface area contributed by atoms with E-state index in [9.17, 15) is 0 Å². The molecule has 0 saturated carbocycles. The maximum Gasteiger partial charge on any atom is 0.254 e. The minimum absolute atomic E-state index is 0.178. The Balaban J connectivity index is 2.33. The Kier molecular flexibility index (Phi) is 2.90. The van der Waals surface area contributed by atoms with Gasteiger partial charge in [0.15, 0.2) is 0 Å².